The number of nitrogens with zero attached hydrogens (tertiary/aromatic N) is 2. The summed E-state index contributed by atoms with van der Waals surface area (Å²) in [6, 6.07) is 0.139. The molecule has 0 aromatic rings. The van der Waals surface area contributed by atoms with E-state index in [4.69, 9.17) is 0 Å². The fourth-order valence-corrected chi connectivity index (χ4v) is 2.82. The third-order valence-corrected chi connectivity index (χ3v) is 4.20. The van der Waals surface area contributed by atoms with Crippen LogP contribution in [0.3, 0.4) is 0 Å². The first kappa shape index (κ1) is 13.7. The summed E-state index contributed by atoms with van der Waals surface area (Å²) in [5.74, 6) is 0.899. The topological polar surface area (TPSA) is 35.6 Å². The zero-order chi connectivity index (χ0) is 12.8. The number of carbonyl (C=O) groups excluding carboxylic acids is 1. The average Bonchev–Trinajstić information content (AvgIpc) is 2.90. The Morgan fingerprint density at radius 1 is 1.17 bits per heavy atom. The molecule has 0 bridgehead atoms. The van der Waals surface area contributed by atoms with Crippen molar-refractivity contribution in [2.75, 3.05) is 39.3 Å². The van der Waals surface area contributed by atoms with Crippen LogP contribution in [0, 0.1) is 5.92 Å². The SMILES string of the molecule is CC1CCN(CCCNC(=O)N2CCCC2)CC1. The minimum absolute atomic E-state index is 0.139. The number of hydrogen-bond acceptors (Lipinski definition) is 2. The van der Waals surface area contributed by atoms with E-state index in [-0.39, 0.29) is 6.03 Å². The fourth-order valence-electron chi connectivity index (χ4n) is 2.82. The van der Waals surface area contributed by atoms with E-state index in [0.717, 1.165) is 38.5 Å². The Kier molecular flexibility index (Phi) is 5.29. The van der Waals surface area contributed by atoms with Gasteiger partial charge in [0.1, 0.15) is 0 Å². The lowest BCUT2D eigenvalue weighted by Gasteiger charge is -2.30. The lowest BCUT2D eigenvalue weighted by Crippen LogP contribution is -2.40. The van der Waals surface area contributed by atoms with Crippen LogP contribution in [-0.2, 0) is 0 Å². The molecule has 0 aromatic carbocycles. The van der Waals surface area contributed by atoms with Crippen LogP contribution in [0.4, 0.5) is 4.79 Å². The van der Waals surface area contributed by atoms with Crippen molar-refractivity contribution in [1.82, 2.24) is 15.1 Å². The highest BCUT2D eigenvalue weighted by Gasteiger charge is 2.17. The highest BCUT2D eigenvalue weighted by atomic mass is 16.2. The predicted molar refractivity (Wildman–Crippen MR) is 73.7 cm³/mol. The summed E-state index contributed by atoms with van der Waals surface area (Å²) in [5.41, 5.74) is 0. The monoisotopic (exact) mass is 253 g/mol. The molecule has 0 saturated carbocycles. The van der Waals surface area contributed by atoms with Crippen molar-refractivity contribution in [3.05, 3.63) is 0 Å². The first-order valence-corrected chi connectivity index (χ1v) is 7.51. The van der Waals surface area contributed by atoms with Gasteiger partial charge < -0.3 is 15.1 Å². The number of hydrogen-bond donors (Lipinski definition) is 1. The minimum atomic E-state index is 0.139. The van der Waals surface area contributed by atoms with Crippen LogP contribution >= 0.6 is 0 Å². The van der Waals surface area contributed by atoms with Gasteiger partial charge in [-0.1, -0.05) is 6.92 Å². The number of urea groups is 1. The second kappa shape index (κ2) is 6.98. The molecule has 2 aliphatic heterocycles. The molecule has 2 rings (SSSR count). The summed E-state index contributed by atoms with van der Waals surface area (Å²) in [5, 5.41) is 3.03. The second-order valence-corrected chi connectivity index (χ2v) is 5.80. The second-order valence-electron chi connectivity index (χ2n) is 5.80. The summed E-state index contributed by atoms with van der Waals surface area (Å²) in [4.78, 5) is 16.2. The summed E-state index contributed by atoms with van der Waals surface area (Å²) in [6.45, 7) is 8.65. The number of amides is 2. The van der Waals surface area contributed by atoms with Crippen LogP contribution < -0.4 is 5.32 Å². The third kappa shape index (κ3) is 4.16. The van der Waals surface area contributed by atoms with Crippen LogP contribution in [0.25, 0.3) is 0 Å². The van der Waals surface area contributed by atoms with Gasteiger partial charge in [0.2, 0.25) is 0 Å². The largest absolute Gasteiger partial charge is 0.338 e. The number of piperidine rings is 1. The lowest BCUT2D eigenvalue weighted by atomic mass is 9.99. The molecule has 104 valence electrons. The van der Waals surface area contributed by atoms with E-state index in [0.29, 0.717) is 0 Å². The maximum atomic E-state index is 11.7. The van der Waals surface area contributed by atoms with Crippen molar-refractivity contribution in [2.45, 2.75) is 39.0 Å². The Bertz CT molecular complexity index is 256. The van der Waals surface area contributed by atoms with Crippen molar-refractivity contribution in [3.8, 4) is 0 Å². The number of rotatable bonds is 4. The molecular formula is C14H27N3O. The van der Waals surface area contributed by atoms with E-state index < -0.39 is 0 Å². The minimum Gasteiger partial charge on any atom is -0.338 e. The molecule has 2 aliphatic rings. The molecule has 4 nitrogen and oxygen atoms in total. The number of likely N-dealkylation sites (tertiary alicyclic amines) is 2. The molecule has 0 aromatic heterocycles. The van der Waals surface area contributed by atoms with E-state index in [1.807, 2.05) is 4.90 Å². The molecule has 0 radical (unpaired) electrons. The molecule has 0 spiro atoms. The number of nitrogens with one attached hydrogen (secondary N) is 1. The Balaban J connectivity index is 1.51. The fraction of sp³-hybridized carbons (Fsp3) is 0.929. The van der Waals surface area contributed by atoms with Crippen molar-refractivity contribution >= 4 is 6.03 Å². The summed E-state index contributed by atoms with van der Waals surface area (Å²) < 4.78 is 0. The van der Waals surface area contributed by atoms with Gasteiger partial charge in [-0.05, 0) is 57.7 Å². The van der Waals surface area contributed by atoms with Crippen molar-refractivity contribution in [1.29, 1.82) is 0 Å². The summed E-state index contributed by atoms with van der Waals surface area (Å²) >= 11 is 0. The highest BCUT2D eigenvalue weighted by Crippen LogP contribution is 2.15. The Morgan fingerprint density at radius 3 is 2.50 bits per heavy atom. The molecule has 4 heteroatoms. The van der Waals surface area contributed by atoms with Gasteiger partial charge in [0.25, 0.3) is 0 Å². The molecule has 0 unspecified atom stereocenters. The normalized spacial score (nSPS) is 22.4. The quantitative estimate of drug-likeness (QED) is 0.777. The molecule has 2 heterocycles. The number of carbonyl (C=O) groups is 1. The van der Waals surface area contributed by atoms with Gasteiger partial charge in [0.15, 0.2) is 0 Å². The zero-order valence-electron chi connectivity index (χ0n) is 11.7. The maximum absolute atomic E-state index is 11.7. The van der Waals surface area contributed by atoms with Crippen molar-refractivity contribution in [3.63, 3.8) is 0 Å². The standard InChI is InChI=1S/C14H27N3O/c1-13-5-11-16(12-6-13)8-4-7-15-14(18)17-9-2-3-10-17/h13H,2-12H2,1H3,(H,15,18). The van der Waals surface area contributed by atoms with Crippen LogP contribution in [0.1, 0.15) is 39.0 Å². The Hall–Kier alpha value is -0.770. The van der Waals surface area contributed by atoms with Gasteiger partial charge in [-0.2, -0.15) is 0 Å². The summed E-state index contributed by atoms with van der Waals surface area (Å²) in [7, 11) is 0. The molecule has 2 amide bonds. The predicted octanol–water partition coefficient (Wildman–Crippen LogP) is 1.91. The molecule has 18 heavy (non-hydrogen) atoms. The zero-order valence-corrected chi connectivity index (χ0v) is 11.7. The van der Waals surface area contributed by atoms with E-state index in [1.165, 1.54) is 38.8 Å². The molecule has 2 fully saturated rings. The smallest absolute Gasteiger partial charge is 0.317 e. The lowest BCUT2D eigenvalue weighted by molar-refractivity contribution is 0.187. The van der Waals surface area contributed by atoms with Crippen LogP contribution in [0.15, 0.2) is 0 Å². The third-order valence-electron chi connectivity index (χ3n) is 4.20. The molecule has 0 aliphatic carbocycles. The van der Waals surface area contributed by atoms with E-state index in [9.17, 15) is 4.79 Å². The van der Waals surface area contributed by atoms with Gasteiger partial charge in [0.05, 0.1) is 0 Å². The maximum Gasteiger partial charge on any atom is 0.317 e. The van der Waals surface area contributed by atoms with Crippen LogP contribution in [-0.4, -0.2) is 55.1 Å². The molecule has 0 atom stereocenters. The van der Waals surface area contributed by atoms with Gasteiger partial charge >= 0.3 is 6.03 Å². The van der Waals surface area contributed by atoms with E-state index in [1.54, 1.807) is 0 Å². The highest BCUT2D eigenvalue weighted by molar-refractivity contribution is 5.74. The molecular weight excluding hydrogens is 226 g/mol. The van der Waals surface area contributed by atoms with Crippen molar-refractivity contribution < 1.29 is 4.79 Å². The molecule has 1 N–H and O–H groups in total. The van der Waals surface area contributed by atoms with Gasteiger partial charge in [-0.15, -0.1) is 0 Å². The first-order chi connectivity index (χ1) is 8.75. The van der Waals surface area contributed by atoms with Gasteiger partial charge in [-0.3, -0.25) is 0 Å². The van der Waals surface area contributed by atoms with Crippen LogP contribution in [0.5, 0.6) is 0 Å². The Labute approximate surface area is 111 Å². The van der Waals surface area contributed by atoms with Gasteiger partial charge in [0, 0.05) is 19.6 Å². The van der Waals surface area contributed by atoms with Gasteiger partial charge in [-0.25, -0.2) is 4.79 Å². The van der Waals surface area contributed by atoms with E-state index in [2.05, 4.69) is 17.1 Å². The van der Waals surface area contributed by atoms with E-state index >= 15 is 0 Å². The first-order valence-electron chi connectivity index (χ1n) is 7.51. The molecule has 2 saturated heterocycles. The average molecular weight is 253 g/mol. The summed E-state index contributed by atoms with van der Waals surface area (Å²) in [6.07, 6.45) is 6.08. The van der Waals surface area contributed by atoms with Crippen LogP contribution in [0.2, 0.25) is 0 Å². The van der Waals surface area contributed by atoms with Crippen molar-refractivity contribution in [2.24, 2.45) is 5.92 Å². The Morgan fingerprint density at radius 2 is 1.83 bits per heavy atom.